The lowest BCUT2D eigenvalue weighted by Crippen LogP contribution is -2.30. The van der Waals surface area contributed by atoms with Crippen LogP contribution in [0.1, 0.15) is 387 Å². The van der Waals surface area contributed by atoms with Crippen LogP contribution >= 0.6 is 0 Å². The Morgan fingerprint density at radius 2 is 0.474 bits per heavy atom. The van der Waals surface area contributed by atoms with Gasteiger partial charge in [-0.1, -0.05) is 340 Å². The van der Waals surface area contributed by atoms with E-state index < -0.39 is 6.10 Å². The number of carbonyl (C=O) groups is 3. The first kappa shape index (κ1) is 73.9. The number of carbonyl (C=O) groups excluding carboxylic acids is 3. The van der Waals surface area contributed by atoms with Gasteiger partial charge in [-0.3, -0.25) is 14.4 Å². The smallest absolute Gasteiger partial charge is 0.306 e. The molecule has 0 N–H and O–H groups in total. The molecule has 0 aromatic carbocycles. The third kappa shape index (κ3) is 62.7. The van der Waals surface area contributed by atoms with Crippen LogP contribution in [0.3, 0.4) is 0 Å². The van der Waals surface area contributed by atoms with Gasteiger partial charge in [0.2, 0.25) is 0 Å². The van der Waals surface area contributed by atoms with Crippen LogP contribution in [0.5, 0.6) is 0 Å². The van der Waals surface area contributed by atoms with Crippen molar-refractivity contribution in [1.29, 1.82) is 0 Å². The van der Waals surface area contributed by atoms with E-state index in [0.29, 0.717) is 19.3 Å². The summed E-state index contributed by atoms with van der Waals surface area (Å²) in [5.41, 5.74) is 0. The van der Waals surface area contributed by atoms with Gasteiger partial charge in [0, 0.05) is 19.3 Å². The monoisotopic (exact) mass is 1070 g/mol. The summed E-state index contributed by atoms with van der Waals surface area (Å²) in [4.78, 5) is 38.4. The van der Waals surface area contributed by atoms with Gasteiger partial charge in [0.05, 0.1) is 0 Å². The van der Waals surface area contributed by atoms with Crippen molar-refractivity contribution in [2.24, 2.45) is 0 Å². The van der Waals surface area contributed by atoms with E-state index in [-0.39, 0.29) is 31.1 Å². The third-order valence-corrected chi connectivity index (χ3v) is 15.7. The van der Waals surface area contributed by atoms with Gasteiger partial charge < -0.3 is 14.2 Å². The first-order chi connectivity index (χ1) is 37.5. The van der Waals surface area contributed by atoms with Crippen LogP contribution in [0.4, 0.5) is 0 Å². The lowest BCUT2D eigenvalue weighted by Gasteiger charge is -2.18. The second kappa shape index (κ2) is 65.4. The quantitative estimate of drug-likeness (QED) is 0.0261. The topological polar surface area (TPSA) is 78.9 Å². The fourth-order valence-electron chi connectivity index (χ4n) is 10.5. The van der Waals surface area contributed by atoms with E-state index in [1.165, 1.54) is 283 Å². The van der Waals surface area contributed by atoms with Gasteiger partial charge in [-0.05, 0) is 51.4 Å². The molecule has 0 amide bonds. The molecule has 0 saturated carbocycles. The molecule has 6 nitrogen and oxygen atoms in total. The average molecular weight is 1070 g/mol. The molecule has 0 aromatic heterocycles. The third-order valence-electron chi connectivity index (χ3n) is 15.7. The van der Waals surface area contributed by atoms with E-state index in [0.717, 1.165) is 64.2 Å². The molecule has 1 unspecified atom stereocenters. The zero-order valence-electron chi connectivity index (χ0n) is 51.6. The second-order valence-electron chi connectivity index (χ2n) is 23.5. The summed E-state index contributed by atoms with van der Waals surface area (Å²) in [5, 5.41) is 0. The lowest BCUT2D eigenvalue weighted by atomic mass is 10.0. The van der Waals surface area contributed by atoms with Crippen LogP contribution < -0.4 is 0 Å². The molecular formula is C70H132O6. The van der Waals surface area contributed by atoms with Gasteiger partial charge in [0.15, 0.2) is 6.10 Å². The molecule has 1 atom stereocenters. The molecule has 0 heterocycles. The zero-order chi connectivity index (χ0) is 55.0. The molecule has 0 fully saturated rings. The predicted molar refractivity (Wildman–Crippen MR) is 330 cm³/mol. The van der Waals surface area contributed by atoms with Crippen molar-refractivity contribution < 1.29 is 28.6 Å². The predicted octanol–water partition coefficient (Wildman–Crippen LogP) is 23.4. The van der Waals surface area contributed by atoms with Gasteiger partial charge in [-0.2, -0.15) is 0 Å². The minimum atomic E-state index is -0.770. The van der Waals surface area contributed by atoms with Crippen LogP contribution in [0, 0.1) is 0 Å². The molecule has 6 heteroatoms. The van der Waals surface area contributed by atoms with E-state index in [9.17, 15) is 14.4 Å². The molecule has 0 bridgehead atoms. The summed E-state index contributed by atoms with van der Waals surface area (Å²) < 4.78 is 17.0. The summed E-state index contributed by atoms with van der Waals surface area (Å²) >= 11 is 0. The number of rotatable bonds is 64. The van der Waals surface area contributed by atoms with Crippen LogP contribution in [-0.2, 0) is 28.6 Å². The van der Waals surface area contributed by atoms with E-state index in [2.05, 4.69) is 45.1 Å². The second-order valence-corrected chi connectivity index (χ2v) is 23.5. The van der Waals surface area contributed by atoms with Crippen molar-refractivity contribution in [1.82, 2.24) is 0 Å². The molecule has 0 aliphatic rings. The largest absolute Gasteiger partial charge is 0.462 e. The first-order valence-corrected chi connectivity index (χ1v) is 34.3. The van der Waals surface area contributed by atoms with E-state index in [4.69, 9.17) is 14.2 Å². The van der Waals surface area contributed by atoms with Gasteiger partial charge in [-0.15, -0.1) is 0 Å². The summed E-state index contributed by atoms with van der Waals surface area (Å²) in [7, 11) is 0. The standard InChI is InChI=1S/C70H132O6/c1-4-7-10-13-16-19-22-25-28-31-33-34-35-37-39-42-45-48-51-54-57-60-63-69(72)75-66-67(65-74-68(71)62-59-56-53-50-47-44-41-38-30-27-24-21-18-15-12-9-6-3)76-70(73)64-61-58-55-52-49-46-43-40-36-32-29-26-23-20-17-14-11-8-5-2/h17,20,26,29,67H,4-16,18-19,21-25,27-28,30-66H2,1-3H3/b20-17-,29-26-. The maximum absolute atomic E-state index is 12.9. The maximum atomic E-state index is 12.9. The molecule has 448 valence electrons. The van der Waals surface area contributed by atoms with Gasteiger partial charge in [0.25, 0.3) is 0 Å². The Kier molecular flexibility index (Phi) is 63.6. The Hall–Kier alpha value is -2.11. The molecule has 0 aliphatic carbocycles. The molecule has 0 radical (unpaired) electrons. The maximum Gasteiger partial charge on any atom is 0.306 e. The Balaban J connectivity index is 4.29. The highest BCUT2D eigenvalue weighted by atomic mass is 16.6. The number of allylic oxidation sites excluding steroid dienone is 4. The van der Waals surface area contributed by atoms with Crippen molar-refractivity contribution in [3.05, 3.63) is 24.3 Å². The summed E-state index contributed by atoms with van der Waals surface area (Å²) in [5.74, 6) is -0.837. The van der Waals surface area contributed by atoms with Crippen molar-refractivity contribution in [3.8, 4) is 0 Å². The van der Waals surface area contributed by atoms with Crippen molar-refractivity contribution in [3.63, 3.8) is 0 Å². The van der Waals surface area contributed by atoms with E-state index >= 15 is 0 Å². The number of hydrogen-bond acceptors (Lipinski definition) is 6. The van der Waals surface area contributed by atoms with Crippen molar-refractivity contribution in [2.75, 3.05) is 13.2 Å². The Morgan fingerprint density at radius 1 is 0.263 bits per heavy atom. The zero-order valence-corrected chi connectivity index (χ0v) is 51.6. The normalized spacial score (nSPS) is 12.1. The van der Waals surface area contributed by atoms with Gasteiger partial charge >= 0.3 is 17.9 Å². The molecule has 0 spiro atoms. The number of esters is 3. The molecular weight excluding hydrogens is 937 g/mol. The van der Waals surface area contributed by atoms with Gasteiger partial charge in [0.1, 0.15) is 13.2 Å². The highest BCUT2D eigenvalue weighted by Crippen LogP contribution is 2.19. The highest BCUT2D eigenvalue weighted by Gasteiger charge is 2.19. The SMILES string of the molecule is CCCCC/C=C\C/C=C\CCCCCCCCCCCC(=O)OC(COC(=O)CCCCCCCCCCCCCCCCCCC)COC(=O)CCCCCCCCCCCCCCCCCCCCCCCC. The summed E-state index contributed by atoms with van der Waals surface area (Å²) in [6.07, 6.45) is 79.1. The lowest BCUT2D eigenvalue weighted by molar-refractivity contribution is -0.167. The summed E-state index contributed by atoms with van der Waals surface area (Å²) in [6.45, 7) is 6.70. The van der Waals surface area contributed by atoms with E-state index in [1.807, 2.05) is 0 Å². The van der Waals surface area contributed by atoms with Crippen molar-refractivity contribution >= 4 is 17.9 Å². The van der Waals surface area contributed by atoms with Crippen LogP contribution in [0.15, 0.2) is 24.3 Å². The minimum Gasteiger partial charge on any atom is -0.462 e. The molecule has 0 aromatic rings. The van der Waals surface area contributed by atoms with E-state index in [1.54, 1.807) is 0 Å². The molecule has 0 aliphatic heterocycles. The number of ether oxygens (including phenoxy) is 3. The van der Waals surface area contributed by atoms with Crippen LogP contribution in [0.25, 0.3) is 0 Å². The average Bonchev–Trinajstić information content (AvgIpc) is 3.42. The number of unbranched alkanes of at least 4 members (excludes halogenated alkanes) is 49. The Morgan fingerprint density at radius 3 is 0.750 bits per heavy atom. The van der Waals surface area contributed by atoms with Crippen LogP contribution in [-0.4, -0.2) is 37.2 Å². The summed E-state index contributed by atoms with van der Waals surface area (Å²) in [6, 6.07) is 0. The minimum absolute atomic E-state index is 0.0664. The molecule has 0 saturated heterocycles. The highest BCUT2D eigenvalue weighted by molar-refractivity contribution is 5.71. The Labute approximate surface area is 474 Å². The van der Waals surface area contributed by atoms with Gasteiger partial charge in [-0.25, -0.2) is 0 Å². The van der Waals surface area contributed by atoms with Crippen molar-refractivity contribution in [2.45, 2.75) is 393 Å². The fraction of sp³-hybridized carbons (Fsp3) is 0.900. The van der Waals surface area contributed by atoms with Crippen LogP contribution in [0.2, 0.25) is 0 Å². The first-order valence-electron chi connectivity index (χ1n) is 34.3. The molecule has 0 rings (SSSR count). The fourth-order valence-corrected chi connectivity index (χ4v) is 10.5. The number of hydrogen-bond donors (Lipinski definition) is 0. The Bertz CT molecular complexity index is 1230. The molecule has 76 heavy (non-hydrogen) atoms.